The first-order valence-corrected chi connectivity index (χ1v) is 5.76. The first-order valence-electron chi connectivity index (χ1n) is 5.76. The fraction of sp³-hybridized carbons (Fsp3) is 0.462. The highest BCUT2D eigenvalue weighted by atomic mass is 19.1. The van der Waals surface area contributed by atoms with E-state index in [1.807, 2.05) is 0 Å². The van der Waals surface area contributed by atoms with Crippen molar-refractivity contribution in [2.24, 2.45) is 0 Å². The molecule has 100 valence electrons. The maximum Gasteiger partial charge on any atom is 0.305 e. The minimum atomic E-state index is -0.657. The summed E-state index contributed by atoms with van der Waals surface area (Å²) in [5.74, 6) is -1.53. The second-order valence-corrected chi connectivity index (χ2v) is 3.73. The monoisotopic (exact) mass is 258 g/mol. The maximum absolute atomic E-state index is 13.5. The van der Waals surface area contributed by atoms with E-state index in [0.29, 0.717) is 13.0 Å². The molecule has 0 aliphatic rings. The van der Waals surface area contributed by atoms with Crippen molar-refractivity contribution in [3.8, 4) is 5.75 Å². The Hall–Kier alpha value is -1.65. The number of hydrogen-bond acceptors (Lipinski definition) is 3. The van der Waals surface area contributed by atoms with Crippen LogP contribution >= 0.6 is 0 Å². The number of methoxy groups -OCH3 is 1. The number of rotatable bonds is 6. The molecular weight excluding hydrogens is 242 g/mol. The molecule has 1 aromatic rings. The van der Waals surface area contributed by atoms with E-state index in [2.05, 4.69) is 0 Å². The average Bonchev–Trinajstić information content (AvgIpc) is 2.32. The van der Waals surface area contributed by atoms with Crippen LogP contribution in [0.15, 0.2) is 12.1 Å². The van der Waals surface area contributed by atoms with Gasteiger partial charge in [-0.2, -0.15) is 0 Å². The molecular formula is C13H16F2O3. The highest BCUT2D eigenvalue weighted by molar-refractivity contribution is 5.69. The Morgan fingerprint density at radius 1 is 1.28 bits per heavy atom. The molecule has 5 heteroatoms. The second-order valence-electron chi connectivity index (χ2n) is 3.73. The van der Waals surface area contributed by atoms with Crippen LogP contribution in [0.4, 0.5) is 8.78 Å². The van der Waals surface area contributed by atoms with Crippen LogP contribution in [0.2, 0.25) is 0 Å². The number of hydrogen-bond donors (Lipinski definition) is 0. The van der Waals surface area contributed by atoms with Gasteiger partial charge in [0.25, 0.3) is 0 Å². The lowest BCUT2D eigenvalue weighted by Gasteiger charge is -2.07. The third kappa shape index (κ3) is 3.98. The van der Waals surface area contributed by atoms with Crippen molar-refractivity contribution in [1.82, 2.24) is 0 Å². The van der Waals surface area contributed by atoms with Gasteiger partial charge in [-0.1, -0.05) is 0 Å². The SMILES string of the molecule is CCOC(=O)CCCc1c(F)cc(OC)cc1F. The summed E-state index contributed by atoms with van der Waals surface area (Å²) in [4.78, 5) is 11.1. The summed E-state index contributed by atoms with van der Waals surface area (Å²) < 4.78 is 36.6. The molecule has 0 aliphatic heterocycles. The number of esters is 1. The molecule has 1 rings (SSSR count). The van der Waals surface area contributed by atoms with Gasteiger partial charge in [-0.3, -0.25) is 4.79 Å². The van der Waals surface area contributed by atoms with Crippen LogP contribution in [-0.4, -0.2) is 19.7 Å². The van der Waals surface area contributed by atoms with Gasteiger partial charge >= 0.3 is 5.97 Å². The zero-order valence-corrected chi connectivity index (χ0v) is 10.5. The summed E-state index contributed by atoms with van der Waals surface area (Å²) in [6.07, 6.45) is 0.651. The lowest BCUT2D eigenvalue weighted by Crippen LogP contribution is -2.05. The molecule has 0 saturated carbocycles. The van der Waals surface area contributed by atoms with Crippen molar-refractivity contribution in [1.29, 1.82) is 0 Å². The van der Waals surface area contributed by atoms with E-state index in [1.54, 1.807) is 6.92 Å². The Morgan fingerprint density at radius 2 is 1.89 bits per heavy atom. The third-order valence-corrected chi connectivity index (χ3v) is 2.46. The fourth-order valence-electron chi connectivity index (χ4n) is 1.58. The Bertz CT molecular complexity index is 396. The summed E-state index contributed by atoms with van der Waals surface area (Å²) >= 11 is 0. The number of carbonyl (C=O) groups excluding carboxylic acids is 1. The topological polar surface area (TPSA) is 35.5 Å². The van der Waals surface area contributed by atoms with Crippen LogP contribution in [0, 0.1) is 11.6 Å². The highest BCUT2D eigenvalue weighted by Gasteiger charge is 2.12. The molecule has 0 saturated heterocycles. The van der Waals surface area contributed by atoms with E-state index in [1.165, 1.54) is 7.11 Å². The molecule has 0 amide bonds. The molecule has 0 heterocycles. The van der Waals surface area contributed by atoms with Gasteiger partial charge in [0.2, 0.25) is 0 Å². The van der Waals surface area contributed by atoms with E-state index >= 15 is 0 Å². The van der Waals surface area contributed by atoms with E-state index in [4.69, 9.17) is 9.47 Å². The summed E-state index contributed by atoms with van der Waals surface area (Å²) in [6.45, 7) is 2.02. The predicted molar refractivity (Wildman–Crippen MR) is 62.5 cm³/mol. The van der Waals surface area contributed by atoms with Crippen LogP contribution in [-0.2, 0) is 16.0 Å². The highest BCUT2D eigenvalue weighted by Crippen LogP contribution is 2.21. The number of benzene rings is 1. The van der Waals surface area contributed by atoms with Crippen molar-refractivity contribution in [2.75, 3.05) is 13.7 Å². The zero-order chi connectivity index (χ0) is 13.5. The summed E-state index contributed by atoms with van der Waals surface area (Å²) in [5, 5.41) is 0. The smallest absolute Gasteiger partial charge is 0.305 e. The Kier molecular flexibility index (Phi) is 5.55. The normalized spacial score (nSPS) is 10.2. The molecule has 18 heavy (non-hydrogen) atoms. The number of carbonyl (C=O) groups is 1. The standard InChI is InChI=1S/C13H16F2O3/c1-3-18-13(16)6-4-5-10-11(14)7-9(17-2)8-12(10)15/h7-8H,3-6H2,1-2H3. The van der Waals surface area contributed by atoms with Gasteiger partial charge in [0, 0.05) is 24.1 Å². The molecule has 0 N–H and O–H groups in total. The summed E-state index contributed by atoms with van der Waals surface area (Å²) in [7, 11) is 1.34. The van der Waals surface area contributed by atoms with Gasteiger partial charge in [0.05, 0.1) is 13.7 Å². The maximum atomic E-state index is 13.5. The average molecular weight is 258 g/mol. The molecule has 0 bridgehead atoms. The lowest BCUT2D eigenvalue weighted by atomic mass is 10.1. The van der Waals surface area contributed by atoms with Crippen LogP contribution in [0.5, 0.6) is 5.75 Å². The van der Waals surface area contributed by atoms with Gasteiger partial charge in [0.15, 0.2) is 0 Å². The molecule has 0 aromatic heterocycles. The Balaban J connectivity index is 2.60. The minimum Gasteiger partial charge on any atom is -0.497 e. The molecule has 0 fully saturated rings. The van der Waals surface area contributed by atoms with E-state index in [0.717, 1.165) is 12.1 Å². The molecule has 0 radical (unpaired) electrons. The van der Waals surface area contributed by atoms with Crippen molar-refractivity contribution >= 4 is 5.97 Å². The molecule has 0 spiro atoms. The Labute approximate surface area is 105 Å². The predicted octanol–water partition coefficient (Wildman–Crippen LogP) is 2.86. The summed E-state index contributed by atoms with van der Waals surface area (Å²) in [6, 6.07) is 2.26. The van der Waals surface area contributed by atoms with Crippen molar-refractivity contribution in [3.63, 3.8) is 0 Å². The number of ether oxygens (including phenoxy) is 2. The summed E-state index contributed by atoms with van der Waals surface area (Å²) in [5.41, 5.74) is -0.0277. The van der Waals surface area contributed by atoms with Crippen molar-refractivity contribution in [3.05, 3.63) is 29.3 Å². The van der Waals surface area contributed by atoms with E-state index in [-0.39, 0.29) is 30.1 Å². The molecule has 0 unspecified atom stereocenters. The van der Waals surface area contributed by atoms with Gasteiger partial charge in [-0.15, -0.1) is 0 Å². The molecule has 0 atom stereocenters. The minimum absolute atomic E-state index is 0.0277. The van der Waals surface area contributed by atoms with Crippen LogP contribution in [0.3, 0.4) is 0 Å². The van der Waals surface area contributed by atoms with Crippen LogP contribution in [0.25, 0.3) is 0 Å². The fourth-order valence-corrected chi connectivity index (χ4v) is 1.58. The first kappa shape index (κ1) is 14.4. The van der Waals surface area contributed by atoms with Gasteiger partial charge in [-0.25, -0.2) is 8.78 Å². The van der Waals surface area contributed by atoms with E-state index in [9.17, 15) is 13.6 Å². The molecule has 3 nitrogen and oxygen atoms in total. The van der Waals surface area contributed by atoms with Gasteiger partial charge in [-0.05, 0) is 19.8 Å². The largest absolute Gasteiger partial charge is 0.497 e. The van der Waals surface area contributed by atoms with E-state index < -0.39 is 11.6 Å². The third-order valence-electron chi connectivity index (χ3n) is 2.46. The quantitative estimate of drug-likeness (QED) is 0.736. The molecule has 1 aromatic carbocycles. The van der Waals surface area contributed by atoms with Gasteiger partial charge < -0.3 is 9.47 Å². The van der Waals surface area contributed by atoms with Gasteiger partial charge in [0.1, 0.15) is 17.4 Å². The molecule has 0 aliphatic carbocycles. The number of halogens is 2. The zero-order valence-electron chi connectivity index (χ0n) is 10.5. The van der Waals surface area contributed by atoms with Crippen LogP contribution < -0.4 is 4.74 Å². The lowest BCUT2D eigenvalue weighted by molar-refractivity contribution is -0.143. The first-order chi connectivity index (χ1) is 8.58. The van der Waals surface area contributed by atoms with Crippen molar-refractivity contribution in [2.45, 2.75) is 26.2 Å². The van der Waals surface area contributed by atoms with Crippen LogP contribution in [0.1, 0.15) is 25.3 Å². The Morgan fingerprint density at radius 3 is 2.39 bits per heavy atom. The van der Waals surface area contributed by atoms with Crippen molar-refractivity contribution < 1.29 is 23.0 Å². The second kappa shape index (κ2) is 6.93.